The predicted molar refractivity (Wildman–Crippen MR) is 124 cm³/mol. The van der Waals surface area contributed by atoms with Crippen LogP contribution in [-0.4, -0.2) is 54.0 Å². The summed E-state index contributed by atoms with van der Waals surface area (Å²) in [5.41, 5.74) is 1.12. The van der Waals surface area contributed by atoms with E-state index in [2.05, 4.69) is 36.8 Å². The van der Waals surface area contributed by atoms with Gasteiger partial charge in [0.15, 0.2) is 0 Å². The summed E-state index contributed by atoms with van der Waals surface area (Å²) < 4.78 is 5.51. The Balaban J connectivity index is 2.06. The first-order chi connectivity index (χ1) is 15.1. The molecular formula is C25H36N2O5. The molecule has 7 nitrogen and oxygen atoms in total. The van der Waals surface area contributed by atoms with Crippen LogP contribution in [0.3, 0.4) is 0 Å². The van der Waals surface area contributed by atoms with Crippen molar-refractivity contribution in [3.8, 4) is 5.75 Å². The van der Waals surface area contributed by atoms with Crippen LogP contribution in [0.1, 0.15) is 58.4 Å². The second kappa shape index (κ2) is 11.3. The van der Waals surface area contributed by atoms with Crippen LogP contribution >= 0.6 is 0 Å². The van der Waals surface area contributed by atoms with Crippen molar-refractivity contribution in [1.29, 1.82) is 0 Å². The molecule has 2 rings (SSSR count). The largest absolute Gasteiger partial charge is 0.480 e. The van der Waals surface area contributed by atoms with E-state index in [9.17, 15) is 19.5 Å². The first-order valence-corrected chi connectivity index (χ1v) is 11.3. The van der Waals surface area contributed by atoms with E-state index in [1.807, 2.05) is 12.1 Å². The van der Waals surface area contributed by atoms with E-state index >= 15 is 0 Å². The van der Waals surface area contributed by atoms with Crippen LogP contribution in [0.15, 0.2) is 36.4 Å². The molecule has 7 heteroatoms. The predicted octanol–water partition coefficient (Wildman–Crippen LogP) is 3.53. The van der Waals surface area contributed by atoms with Gasteiger partial charge in [0.2, 0.25) is 5.91 Å². The number of aliphatic carboxylic acids is 1. The van der Waals surface area contributed by atoms with E-state index in [1.165, 1.54) is 6.42 Å². The lowest BCUT2D eigenvalue weighted by Gasteiger charge is -2.35. The highest BCUT2D eigenvalue weighted by atomic mass is 16.5. The SMILES string of the molecule is C=C(CC(=O)NC(C(=O)O)C(C)C)C(=O)Oc1cccc(C2(CC)CCCCN(C)C2)c1. The highest BCUT2D eigenvalue weighted by molar-refractivity contribution is 5.96. The molecule has 1 aliphatic rings. The van der Waals surface area contributed by atoms with Gasteiger partial charge in [-0.05, 0) is 56.5 Å². The van der Waals surface area contributed by atoms with Gasteiger partial charge >= 0.3 is 11.9 Å². The number of hydrogen-bond donors (Lipinski definition) is 2. The summed E-state index contributed by atoms with van der Waals surface area (Å²) in [6.45, 7) is 11.3. The summed E-state index contributed by atoms with van der Waals surface area (Å²) in [6.07, 6.45) is 4.08. The number of carbonyl (C=O) groups is 3. The Bertz CT molecular complexity index is 850. The molecule has 0 saturated carbocycles. The first kappa shape index (κ1) is 25.6. The Labute approximate surface area is 190 Å². The second-order valence-corrected chi connectivity index (χ2v) is 9.15. The standard InChI is InChI=1S/C25H36N2O5/c1-6-25(12-7-8-13-27(5)16-25)19-10-9-11-20(15-19)32-24(31)18(4)14-21(28)26-22(17(2)3)23(29)30/h9-11,15,17,22H,4,6-8,12-14,16H2,1-3,5H3,(H,26,28)(H,29,30). The van der Waals surface area contributed by atoms with Crippen LogP contribution in [0.25, 0.3) is 0 Å². The lowest BCUT2D eigenvalue weighted by atomic mass is 9.74. The number of carboxylic acid groups (broad SMARTS) is 1. The number of hydrogen-bond acceptors (Lipinski definition) is 5. The topological polar surface area (TPSA) is 95.9 Å². The monoisotopic (exact) mass is 444 g/mol. The minimum absolute atomic E-state index is 0.00720. The van der Waals surface area contributed by atoms with Gasteiger partial charge in [-0.25, -0.2) is 9.59 Å². The van der Waals surface area contributed by atoms with E-state index in [0.29, 0.717) is 5.75 Å². The molecule has 2 atom stereocenters. The Hall–Kier alpha value is -2.67. The number of esters is 1. The zero-order valence-electron chi connectivity index (χ0n) is 19.6. The van der Waals surface area contributed by atoms with Gasteiger partial charge in [0.1, 0.15) is 11.8 Å². The van der Waals surface area contributed by atoms with E-state index < -0.39 is 23.9 Å². The van der Waals surface area contributed by atoms with E-state index in [0.717, 1.165) is 37.9 Å². The van der Waals surface area contributed by atoms with E-state index in [-0.39, 0.29) is 23.3 Å². The van der Waals surface area contributed by atoms with Crippen LogP contribution in [0.5, 0.6) is 5.75 Å². The van der Waals surface area contributed by atoms with Gasteiger partial charge in [-0.2, -0.15) is 0 Å². The number of ether oxygens (including phenoxy) is 1. The van der Waals surface area contributed by atoms with Gasteiger partial charge in [0.05, 0.1) is 6.42 Å². The van der Waals surface area contributed by atoms with Gasteiger partial charge in [-0.3, -0.25) is 4.79 Å². The number of rotatable bonds is 9. The third-order valence-electron chi connectivity index (χ3n) is 6.26. The molecule has 1 aliphatic heterocycles. The smallest absolute Gasteiger partial charge is 0.339 e. The molecule has 0 aliphatic carbocycles. The average molecular weight is 445 g/mol. The van der Waals surface area contributed by atoms with Crippen molar-refractivity contribution in [3.63, 3.8) is 0 Å². The van der Waals surface area contributed by atoms with Crippen LogP contribution in [0.4, 0.5) is 0 Å². The van der Waals surface area contributed by atoms with Crippen molar-refractivity contribution in [3.05, 3.63) is 42.0 Å². The first-order valence-electron chi connectivity index (χ1n) is 11.3. The molecule has 1 fully saturated rings. The van der Waals surface area contributed by atoms with Crippen LogP contribution in [0.2, 0.25) is 0 Å². The second-order valence-electron chi connectivity index (χ2n) is 9.15. The summed E-state index contributed by atoms with van der Waals surface area (Å²) >= 11 is 0. The van der Waals surface area contributed by atoms with Gasteiger partial charge < -0.3 is 20.1 Å². The molecule has 2 unspecified atom stereocenters. The third kappa shape index (κ3) is 6.66. The van der Waals surface area contributed by atoms with Crippen molar-refractivity contribution in [2.24, 2.45) is 5.92 Å². The third-order valence-corrected chi connectivity index (χ3v) is 6.26. The minimum Gasteiger partial charge on any atom is -0.480 e. The molecule has 1 saturated heterocycles. The molecule has 0 aromatic heterocycles. The van der Waals surface area contributed by atoms with Crippen molar-refractivity contribution in [1.82, 2.24) is 10.2 Å². The number of carbonyl (C=O) groups excluding carboxylic acids is 2. The zero-order valence-corrected chi connectivity index (χ0v) is 19.6. The Morgan fingerprint density at radius 3 is 2.62 bits per heavy atom. The normalized spacial score (nSPS) is 20.3. The summed E-state index contributed by atoms with van der Waals surface area (Å²) in [5, 5.41) is 11.6. The minimum atomic E-state index is -1.12. The molecule has 1 aromatic rings. The Kier molecular flexibility index (Phi) is 9.01. The fourth-order valence-electron chi connectivity index (χ4n) is 4.32. The fraction of sp³-hybridized carbons (Fsp3) is 0.560. The molecule has 2 N–H and O–H groups in total. The maximum absolute atomic E-state index is 12.5. The average Bonchev–Trinajstić information content (AvgIpc) is 2.93. The molecule has 176 valence electrons. The van der Waals surface area contributed by atoms with E-state index in [1.54, 1.807) is 19.9 Å². The Morgan fingerprint density at radius 1 is 1.28 bits per heavy atom. The number of carboxylic acids is 1. The number of nitrogens with one attached hydrogen (secondary N) is 1. The molecule has 1 aromatic carbocycles. The summed E-state index contributed by atoms with van der Waals surface area (Å²) in [4.78, 5) is 38.3. The molecule has 0 bridgehead atoms. The Morgan fingerprint density at radius 2 is 2.00 bits per heavy atom. The molecule has 0 radical (unpaired) electrons. The van der Waals surface area contributed by atoms with Crippen molar-refractivity contribution >= 4 is 17.8 Å². The zero-order chi connectivity index (χ0) is 23.9. The van der Waals surface area contributed by atoms with Crippen LogP contribution in [0, 0.1) is 5.92 Å². The van der Waals surface area contributed by atoms with Gasteiger partial charge in [-0.1, -0.05) is 45.9 Å². The lowest BCUT2D eigenvalue weighted by Crippen LogP contribution is -2.44. The summed E-state index contributed by atoms with van der Waals surface area (Å²) in [5.74, 6) is -2.26. The van der Waals surface area contributed by atoms with Crippen LogP contribution < -0.4 is 10.1 Å². The van der Waals surface area contributed by atoms with Crippen molar-refractivity contribution < 1.29 is 24.2 Å². The van der Waals surface area contributed by atoms with Gasteiger partial charge in [-0.15, -0.1) is 0 Å². The number of likely N-dealkylation sites (tertiary alicyclic amines) is 1. The van der Waals surface area contributed by atoms with Crippen LogP contribution in [-0.2, 0) is 19.8 Å². The number of benzene rings is 1. The summed E-state index contributed by atoms with van der Waals surface area (Å²) in [7, 11) is 2.14. The van der Waals surface area contributed by atoms with Crippen molar-refractivity contribution in [2.75, 3.05) is 20.1 Å². The number of amides is 1. The summed E-state index contributed by atoms with van der Waals surface area (Å²) in [6, 6.07) is 6.58. The highest BCUT2D eigenvalue weighted by Gasteiger charge is 2.33. The maximum Gasteiger partial charge on any atom is 0.339 e. The quantitative estimate of drug-likeness (QED) is 0.344. The molecule has 1 amide bonds. The lowest BCUT2D eigenvalue weighted by molar-refractivity contribution is -0.143. The van der Waals surface area contributed by atoms with Gasteiger partial charge in [0, 0.05) is 17.5 Å². The molecule has 1 heterocycles. The fourth-order valence-corrected chi connectivity index (χ4v) is 4.32. The van der Waals surface area contributed by atoms with Crippen molar-refractivity contribution in [2.45, 2.75) is 64.3 Å². The molecule has 32 heavy (non-hydrogen) atoms. The number of nitrogens with zero attached hydrogens (tertiary/aromatic N) is 1. The maximum atomic E-state index is 12.5. The number of likely N-dealkylation sites (N-methyl/N-ethyl adjacent to an activating group) is 1. The van der Waals surface area contributed by atoms with E-state index in [4.69, 9.17) is 4.74 Å². The molecular weight excluding hydrogens is 408 g/mol. The molecule has 0 spiro atoms. The highest BCUT2D eigenvalue weighted by Crippen LogP contribution is 2.37. The van der Waals surface area contributed by atoms with Gasteiger partial charge in [0.25, 0.3) is 0 Å².